The van der Waals surface area contributed by atoms with E-state index in [2.05, 4.69) is 0 Å². The number of carboxylic acids is 1. The highest BCUT2D eigenvalue weighted by atomic mass is 16.5. The molecule has 1 fully saturated rings. The molecule has 1 amide bonds. The number of hydrogen-bond donors (Lipinski definition) is 1. The molecule has 21 heavy (non-hydrogen) atoms. The van der Waals surface area contributed by atoms with Crippen LogP contribution in [0, 0.1) is 5.92 Å². The lowest BCUT2D eigenvalue weighted by Gasteiger charge is -2.20. The average Bonchev–Trinajstić information content (AvgIpc) is 3.28. The first-order chi connectivity index (χ1) is 10.1. The van der Waals surface area contributed by atoms with Crippen molar-refractivity contribution >= 4 is 11.9 Å². The standard InChI is InChI=1S/C16H21NO4/c18-15(12-21-11-14-6-7-14)17(10-16(19)20)9-8-13-4-2-1-3-5-13/h1-5,14H,6-12H2,(H,19,20). The summed E-state index contributed by atoms with van der Waals surface area (Å²) < 4.78 is 5.35. The topological polar surface area (TPSA) is 66.8 Å². The molecule has 0 aromatic heterocycles. The second-order valence-electron chi connectivity index (χ2n) is 5.40. The minimum Gasteiger partial charge on any atom is -0.480 e. The van der Waals surface area contributed by atoms with Crippen LogP contribution >= 0.6 is 0 Å². The number of carbonyl (C=O) groups is 2. The predicted molar refractivity (Wildman–Crippen MR) is 77.9 cm³/mol. The molecule has 1 aliphatic rings. The van der Waals surface area contributed by atoms with Crippen molar-refractivity contribution in [2.45, 2.75) is 19.3 Å². The van der Waals surface area contributed by atoms with E-state index in [1.165, 1.54) is 17.7 Å². The average molecular weight is 291 g/mol. The van der Waals surface area contributed by atoms with Crippen LogP contribution in [0.3, 0.4) is 0 Å². The summed E-state index contributed by atoms with van der Waals surface area (Å²) in [5, 5.41) is 8.92. The molecular formula is C16H21NO4. The van der Waals surface area contributed by atoms with Crippen LogP contribution in [0.5, 0.6) is 0 Å². The number of carbonyl (C=O) groups excluding carboxylic acids is 1. The van der Waals surface area contributed by atoms with Crippen molar-refractivity contribution in [2.24, 2.45) is 5.92 Å². The van der Waals surface area contributed by atoms with Crippen molar-refractivity contribution in [1.29, 1.82) is 0 Å². The lowest BCUT2D eigenvalue weighted by molar-refractivity contribution is -0.146. The summed E-state index contributed by atoms with van der Waals surface area (Å²) in [4.78, 5) is 24.3. The molecule has 0 bridgehead atoms. The van der Waals surface area contributed by atoms with Gasteiger partial charge in [-0.25, -0.2) is 0 Å². The summed E-state index contributed by atoms with van der Waals surface area (Å²) >= 11 is 0. The lowest BCUT2D eigenvalue weighted by atomic mass is 10.1. The summed E-state index contributed by atoms with van der Waals surface area (Å²) in [6.45, 7) is 0.685. The third-order valence-electron chi connectivity index (χ3n) is 3.47. The monoisotopic (exact) mass is 291 g/mol. The highest BCUT2D eigenvalue weighted by molar-refractivity contribution is 5.82. The Kier molecular flexibility index (Phi) is 5.75. The summed E-state index contributed by atoms with van der Waals surface area (Å²) in [6.07, 6.45) is 2.98. The van der Waals surface area contributed by atoms with E-state index in [-0.39, 0.29) is 19.1 Å². The van der Waals surface area contributed by atoms with Gasteiger partial charge in [0, 0.05) is 6.54 Å². The fourth-order valence-electron chi connectivity index (χ4n) is 2.05. The van der Waals surface area contributed by atoms with Crippen molar-refractivity contribution < 1.29 is 19.4 Å². The van der Waals surface area contributed by atoms with Crippen LogP contribution in [-0.4, -0.2) is 48.2 Å². The fourth-order valence-corrected chi connectivity index (χ4v) is 2.05. The summed E-state index contributed by atoms with van der Waals surface area (Å²) in [5.74, 6) is -0.664. The minimum atomic E-state index is -1.00. The molecule has 5 nitrogen and oxygen atoms in total. The second-order valence-corrected chi connectivity index (χ2v) is 5.40. The number of benzene rings is 1. The molecule has 0 spiro atoms. The van der Waals surface area contributed by atoms with Crippen molar-refractivity contribution in [3.05, 3.63) is 35.9 Å². The van der Waals surface area contributed by atoms with Gasteiger partial charge >= 0.3 is 5.97 Å². The van der Waals surface area contributed by atoms with Gasteiger partial charge in [-0.2, -0.15) is 0 Å². The van der Waals surface area contributed by atoms with E-state index in [9.17, 15) is 9.59 Å². The first-order valence-electron chi connectivity index (χ1n) is 7.26. The van der Waals surface area contributed by atoms with E-state index in [0.29, 0.717) is 25.5 Å². The Labute approximate surface area is 124 Å². The van der Waals surface area contributed by atoms with Crippen molar-refractivity contribution in [1.82, 2.24) is 4.90 Å². The van der Waals surface area contributed by atoms with Crippen LogP contribution in [0.1, 0.15) is 18.4 Å². The Balaban J connectivity index is 1.80. The summed E-state index contributed by atoms with van der Waals surface area (Å²) in [7, 11) is 0. The molecular weight excluding hydrogens is 270 g/mol. The third-order valence-corrected chi connectivity index (χ3v) is 3.47. The number of rotatable bonds is 9. The molecule has 5 heteroatoms. The Morgan fingerprint density at radius 2 is 1.95 bits per heavy atom. The molecule has 0 radical (unpaired) electrons. The zero-order valence-corrected chi connectivity index (χ0v) is 12.0. The zero-order chi connectivity index (χ0) is 15.1. The van der Waals surface area contributed by atoms with Crippen LogP contribution < -0.4 is 0 Å². The third kappa shape index (κ3) is 5.95. The van der Waals surface area contributed by atoms with Gasteiger partial charge in [-0.05, 0) is 30.7 Å². The molecule has 1 saturated carbocycles. The molecule has 0 saturated heterocycles. The van der Waals surface area contributed by atoms with E-state index in [1.54, 1.807) is 0 Å². The molecule has 1 N–H and O–H groups in total. The molecule has 114 valence electrons. The molecule has 1 aromatic rings. The first-order valence-corrected chi connectivity index (χ1v) is 7.26. The van der Waals surface area contributed by atoms with Crippen molar-refractivity contribution in [3.63, 3.8) is 0 Å². The van der Waals surface area contributed by atoms with E-state index in [0.717, 1.165) is 5.56 Å². The maximum Gasteiger partial charge on any atom is 0.323 e. The largest absolute Gasteiger partial charge is 0.480 e. The van der Waals surface area contributed by atoms with Gasteiger partial charge in [0.2, 0.25) is 5.91 Å². The predicted octanol–water partition coefficient (Wildman–Crippen LogP) is 1.57. The second kappa shape index (κ2) is 7.78. The molecule has 0 atom stereocenters. The Morgan fingerprint density at radius 3 is 2.57 bits per heavy atom. The minimum absolute atomic E-state index is 0.0292. The number of ether oxygens (including phenoxy) is 1. The van der Waals surface area contributed by atoms with E-state index < -0.39 is 5.97 Å². The molecule has 2 rings (SSSR count). The molecule has 0 unspecified atom stereocenters. The highest BCUT2D eigenvalue weighted by Crippen LogP contribution is 2.28. The smallest absolute Gasteiger partial charge is 0.323 e. The Hall–Kier alpha value is -1.88. The maximum absolute atomic E-state index is 12.0. The van der Waals surface area contributed by atoms with E-state index in [1.807, 2.05) is 30.3 Å². The number of hydrogen-bond acceptors (Lipinski definition) is 3. The van der Waals surface area contributed by atoms with Crippen LogP contribution in [0.4, 0.5) is 0 Å². The summed E-state index contributed by atoms with van der Waals surface area (Å²) in [5.41, 5.74) is 1.08. The van der Waals surface area contributed by atoms with Crippen LogP contribution in [0.2, 0.25) is 0 Å². The van der Waals surface area contributed by atoms with Gasteiger partial charge in [-0.3, -0.25) is 9.59 Å². The Morgan fingerprint density at radius 1 is 1.24 bits per heavy atom. The van der Waals surface area contributed by atoms with Gasteiger partial charge in [-0.15, -0.1) is 0 Å². The molecule has 0 aliphatic heterocycles. The van der Waals surface area contributed by atoms with Gasteiger partial charge in [0.25, 0.3) is 0 Å². The Bertz CT molecular complexity index is 470. The first kappa shape index (κ1) is 15.5. The highest BCUT2D eigenvalue weighted by Gasteiger charge is 2.23. The lowest BCUT2D eigenvalue weighted by Crippen LogP contribution is -2.39. The fraction of sp³-hybridized carbons (Fsp3) is 0.500. The quantitative estimate of drug-likeness (QED) is 0.750. The van der Waals surface area contributed by atoms with Gasteiger partial charge in [0.1, 0.15) is 13.2 Å². The van der Waals surface area contributed by atoms with Crippen molar-refractivity contribution in [2.75, 3.05) is 26.3 Å². The van der Waals surface area contributed by atoms with E-state index >= 15 is 0 Å². The molecule has 1 aromatic carbocycles. The van der Waals surface area contributed by atoms with Crippen LogP contribution in [0.25, 0.3) is 0 Å². The van der Waals surface area contributed by atoms with Crippen LogP contribution in [-0.2, 0) is 20.7 Å². The maximum atomic E-state index is 12.0. The molecule has 1 aliphatic carbocycles. The normalized spacial score (nSPS) is 13.9. The van der Waals surface area contributed by atoms with Gasteiger partial charge in [0.05, 0.1) is 6.61 Å². The van der Waals surface area contributed by atoms with Gasteiger partial charge < -0.3 is 14.7 Å². The van der Waals surface area contributed by atoms with Gasteiger partial charge in [-0.1, -0.05) is 30.3 Å². The number of aliphatic carboxylic acids is 1. The number of amides is 1. The molecule has 0 heterocycles. The van der Waals surface area contributed by atoms with Crippen molar-refractivity contribution in [3.8, 4) is 0 Å². The van der Waals surface area contributed by atoms with E-state index in [4.69, 9.17) is 9.84 Å². The zero-order valence-electron chi connectivity index (χ0n) is 12.0. The SMILES string of the molecule is O=C(O)CN(CCc1ccccc1)C(=O)COCC1CC1. The number of carboxylic acid groups (broad SMARTS) is 1. The van der Waals surface area contributed by atoms with Gasteiger partial charge in [0.15, 0.2) is 0 Å². The summed E-state index contributed by atoms with van der Waals surface area (Å²) in [6, 6.07) is 9.71. The van der Waals surface area contributed by atoms with Crippen LogP contribution in [0.15, 0.2) is 30.3 Å². The number of nitrogens with zero attached hydrogens (tertiary/aromatic N) is 1.